The molecule has 0 heterocycles. The zero-order valence-electron chi connectivity index (χ0n) is 11.0. The molecule has 0 N–H and O–H groups in total. The lowest BCUT2D eigenvalue weighted by Crippen LogP contribution is -1.84. The summed E-state index contributed by atoms with van der Waals surface area (Å²) in [5.41, 5.74) is 5.81. The third-order valence-electron chi connectivity index (χ3n) is 2.36. The minimum absolute atomic E-state index is 0.802. The molecule has 0 radical (unpaired) electrons. The molecular formula is C15H23N. The molecule has 1 heteroatoms. The average Bonchev–Trinajstić information content (AvgIpc) is 2.30. The Morgan fingerprint density at radius 3 is 2.62 bits per heavy atom. The Kier molecular flexibility index (Phi) is 9.35. The monoisotopic (exact) mass is 217 g/mol. The second-order valence-corrected chi connectivity index (χ2v) is 3.72. The summed E-state index contributed by atoms with van der Waals surface area (Å²) in [5, 5.41) is 0. The van der Waals surface area contributed by atoms with Gasteiger partial charge in [-0.15, -0.1) is 5.73 Å². The van der Waals surface area contributed by atoms with Crippen molar-refractivity contribution in [2.45, 2.75) is 40.5 Å². The van der Waals surface area contributed by atoms with Gasteiger partial charge in [-0.05, 0) is 64.5 Å². The van der Waals surface area contributed by atoms with Gasteiger partial charge in [0, 0.05) is 0 Å². The standard InChI is InChI=1S/C15H23N/c1-5-7-10-14(3)15(4)11-9-13-16-12-8-6-2/h5-6,8,10,13H,9,11-12H2,1-4H3. The predicted octanol–water partition coefficient (Wildman–Crippen LogP) is 4.48. The van der Waals surface area contributed by atoms with Crippen molar-refractivity contribution in [3.8, 4) is 0 Å². The molecule has 0 rings (SSSR count). The van der Waals surface area contributed by atoms with E-state index >= 15 is 0 Å². The van der Waals surface area contributed by atoms with Crippen LogP contribution in [0.4, 0.5) is 0 Å². The summed E-state index contributed by atoms with van der Waals surface area (Å²) in [4.78, 5) is 4.29. The number of nitrogens with zero attached hydrogens (tertiary/aromatic N) is 1. The molecule has 0 saturated heterocycles. The molecule has 0 spiro atoms. The summed E-state index contributed by atoms with van der Waals surface area (Å²) < 4.78 is 0. The second kappa shape index (κ2) is 10.2. The molecule has 0 amide bonds. The highest BCUT2D eigenvalue weighted by molar-refractivity contribution is 5.57. The predicted molar refractivity (Wildman–Crippen MR) is 74.1 cm³/mol. The topological polar surface area (TPSA) is 12.4 Å². The maximum Gasteiger partial charge on any atom is 0.0566 e. The minimum atomic E-state index is 0.802. The normalized spacial score (nSPS) is 12.8. The Morgan fingerprint density at radius 2 is 2.00 bits per heavy atom. The van der Waals surface area contributed by atoms with Crippen molar-refractivity contribution in [2.75, 3.05) is 6.54 Å². The smallest absolute Gasteiger partial charge is 0.0566 e. The molecule has 0 aliphatic rings. The highest BCUT2D eigenvalue weighted by Gasteiger charge is 1.92. The van der Waals surface area contributed by atoms with E-state index in [1.807, 2.05) is 38.3 Å². The molecule has 1 nitrogen and oxygen atoms in total. The Hall–Kier alpha value is -1.33. The number of allylic oxidation sites excluding steroid dienone is 4. The van der Waals surface area contributed by atoms with Crippen LogP contribution in [0.1, 0.15) is 40.5 Å². The molecule has 0 aromatic carbocycles. The summed E-state index contributed by atoms with van der Waals surface area (Å²) in [6, 6.07) is 0. The Morgan fingerprint density at radius 1 is 1.25 bits per heavy atom. The summed E-state index contributed by atoms with van der Waals surface area (Å²) in [5.74, 6) is 0. The van der Waals surface area contributed by atoms with Gasteiger partial charge in [-0.1, -0.05) is 17.7 Å². The van der Waals surface area contributed by atoms with Gasteiger partial charge in [0.25, 0.3) is 0 Å². The first-order valence-electron chi connectivity index (χ1n) is 5.85. The fourth-order valence-electron chi connectivity index (χ4n) is 1.14. The van der Waals surface area contributed by atoms with Gasteiger partial charge in [-0.3, -0.25) is 4.99 Å². The Bertz CT molecular complexity index is 323. The fraction of sp³-hybridized carbons (Fsp3) is 0.467. The highest BCUT2D eigenvalue weighted by Crippen LogP contribution is 2.10. The number of aliphatic imine (C=N–C) groups is 1. The van der Waals surface area contributed by atoms with Crippen LogP contribution in [0.5, 0.6) is 0 Å². The zero-order chi connectivity index (χ0) is 12.2. The summed E-state index contributed by atoms with van der Waals surface area (Å²) in [6.07, 6.45) is 12.1. The first-order chi connectivity index (χ1) is 7.72. The third kappa shape index (κ3) is 8.02. The van der Waals surface area contributed by atoms with E-state index in [4.69, 9.17) is 0 Å². The van der Waals surface area contributed by atoms with Crippen molar-refractivity contribution in [1.82, 2.24) is 0 Å². The minimum Gasteiger partial charge on any atom is -0.293 e. The number of hydrogen-bond donors (Lipinski definition) is 0. The van der Waals surface area contributed by atoms with Crippen molar-refractivity contribution in [2.24, 2.45) is 4.99 Å². The lowest BCUT2D eigenvalue weighted by Gasteiger charge is -2.00. The maximum atomic E-state index is 4.29. The maximum absolute atomic E-state index is 4.29. The zero-order valence-corrected chi connectivity index (χ0v) is 11.0. The van der Waals surface area contributed by atoms with E-state index in [1.54, 1.807) is 0 Å². The average molecular weight is 217 g/mol. The number of hydrogen-bond acceptors (Lipinski definition) is 1. The van der Waals surface area contributed by atoms with E-state index in [1.165, 1.54) is 11.1 Å². The first kappa shape index (κ1) is 14.7. The van der Waals surface area contributed by atoms with Crippen LogP contribution in [0, 0.1) is 0 Å². The van der Waals surface area contributed by atoms with Crippen LogP contribution in [0.3, 0.4) is 0 Å². The van der Waals surface area contributed by atoms with Crippen LogP contribution < -0.4 is 0 Å². The van der Waals surface area contributed by atoms with Gasteiger partial charge in [0.15, 0.2) is 0 Å². The van der Waals surface area contributed by atoms with Gasteiger partial charge in [0.1, 0.15) is 0 Å². The second-order valence-electron chi connectivity index (χ2n) is 3.72. The lowest BCUT2D eigenvalue weighted by atomic mass is 10.1. The SMILES string of the molecule is CC=C=CC(C)=C(C)CCC=NCC=CC. The molecule has 0 unspecified atom stereocenters. The van der Waals surface area contributed by atoms with Crippen molar-refractivity contribution in [1.29, 1.82) is 0 Å². The fourth-order valence-corrected chi connectivity index (χ4v) is 1.14. The molecule has 0 atom stereocenters. The van der Waals surface area contributed by atoms with Crippen LogP contribution in [0.2, 0.25) is 0 Å². The van der Waals surface area contributed by atoms with E-state index < -0.39 is 0 Å². The highest BCUT2D eigenvalue weighted by atomic mass is 14.7. The van der Waals surface area contributed by atoms with Gasteiger partial charge < -0.3 is 0 Å². The van der Waals surface area contributed by atoms with Crippen molar-refractivity contribution < 1.29 is 0 Å². The van der Waals surface area contributed by atoms with Crippen LogP contribution >= 0.6 is 0 Å². The Balaban J connectivity index is 4.01. The summed E-state index contributed by atoms with van der Waals surface area (Å²) in [7, 11) is 0. The summed E-state index contributed by atoms with van der Waals surface area (Å²) >= 11 is 0. The van der Waals surface area contributed by atoms with Crippen LogP contribution in [-0.2, 0) is 0 Å². The van der Waals surface area contributed by atoms with Crippen molar-refractivity contribution in [3.63, 3.8) is 0 Å². The van der Waals surface area contributed by atoms with Gasteiger partial charge in [-0.2, -0.15) is 0 Å². The molecule has 88 valence electrons. The lowest BCUT2D eigenvalue weighted by molar-refractivity contribution is 1.000. The molecule has 0 aliphatic heterocycles. The van der Waals surface area contributed by atoms with Crippen LogP contribution in [-0.4, -0.2) is 12.8 Å². The third-order valence-corrected chi connectivity index (χ3v) is 2.36. The summed E-state index contributed by atoms with van der Waals surface area (Å²) in [6.45, 7) is 9.09. The van der Waals surface area contributed by atoms with Gasteiger partial charge >= 0.3 is 0 Å². The van der Waals surface area contributed by atoms with Crippen molar-refractivity contribution >= 4 is 6.21 Å². The van der Waals surface area contributed by atoms with E-state index in [2.05, 4.69) is 30.6 Å². The molecular weight excluding hydrogens is 194 g/mol. The van der Waals surface area contributed by atoms with Gasteiger partial charge in [0.2, 0.25) is 0 Å². The quantitative estimate of drug-likeness (QED) is 0.269. The van der Waals surface area contributed by atoms with E-state index in [0.29, 0.717) is 0 Å². The molecule has 0 bridgehead atoms. The molecule has 16 heavy (non-hydrogen) atoms. The van der Waals surface area contributed by atoms with Gasteiger partial charge in [0.05, 0.1) is 6.54 Å². The molecule has 0 fully saturated rings. The molecule has 0 aliphatic carbocycles. The van der Waals surface area contributed by atoms with E-state index in [0.717, 1.165) is 19.4 Å². The Labute approximate surface area is 100.0 Å². The molecule has 0 aromatic rings. The number of rotatable bonds is 6. The van der Waals surface area contributed by atoms with Crippen molar-refractivity contribution in [3.05, 3.63) is 41.2 Å². The van der Waals surface area contributed by atoms with Crippen LogP contribution in [0.15, 0.2) is 46.2 Å². The largest absolute Gasteiger partial charge is 0.293 e. The first-order valence-corrected chi connectivity index (χ1v) is 5.85. The van der Waals surface area contributed by atoms with E-state index in [9.17, 15) is 0 Å². The molecule has 0 saturated carbocycles. The van der Waals surface area contributed by atoms with Crippen LogP contribution in [0.25, 0.3) is 0 Å². The molecule has 0 aromatic heterocycles. The van der Waals surface area contributed by atoms with Gasteiger partial charge in [-0.25, -0.2) is 0 Å². The van der Waals surface area contributed by atoms with E-state index in [-0.39, 0.29) is 0 Å².